The molecule has 3 heterocycles. The average molecular weight is 852 g/mol. The highest BCUT2D eigenvalue weighted by Crippen LogP contribution is 2.58. The van der Waals surface area contributed by atoms with E-state index in [0.29, 0.717) is 37.0 Å². The van der Waals surface area contributed by atoms with Crippen LogP contribution in [0.2, 0.25) is 0 Å². The fourth-order valence-electron chi connectivity index (χ4n) is 8.44. The van der Waals surface area contributed by atoms with Gasteiger partial charge in [0.2, 0.25) is 33.3 Å². The lowest BCUT2D eigenvalue weighted by atomic mass is 9.82. The van der Waals surface area contributed by atoms with Gasteiger partial charge >= 0.3 is 12.1 Å². The molecule has 1 N–H and O–H groups in total. The molecule has 59 heavy (non-hydrogen) atoms. The molecule has 2 aliphatic carbocycles. The predicted molar refractivity (Wildman–Crippen MR) is 208 cm³/mol. The van der Waals surface area contributed by atoms with Crippen molar-refractivity contribution in [2.45, 2.75) is 121 Å². The zero-order chi connectivity index (χ0) is 43.1. The number of benzene rings is 1. The topological polar surface area (TPSA) is 158 Å². The van der Waals surface area contributed by atoms with Crippen LogP contribution in [-0.2, 0) is 33.9 Å². The van der Waals surface area contributed by atoms with Gasteiger partial charge in [0.25, 0.3) is 0 Å². The van der Waals surface area contributed by atoms with Crippen molar-refractivity contribution in [3.05, 3.63) is 42.6 Å². The molecule has 7 atom stereocenters. The van der Waals surface area contributed by atoms with Crippen LogP contribution in [0.3, 0.4) is 0 Å². The predicted octanol–water partition coefficient (Wildman–Crippen LogP) is 6.80. The number of rotatable bonds is 11. The second-order valence-corrected chi connectivity index (χ2v) is 19.5. The van der Waals surface area contributed by atoms with Crippen LogP contribution in [0.1, 0.15) is 92.4 Å². The summed E-state index contributed by atoms with van der Waals surface area (Å²) in [7, 11) is -4.41. The smallest absolute Gasteiger partial charge is 0.427 e. The van der Waals surface area contributed by atoms with E-state index in [2.05, 4.69) is 9.71 Å². The lowest BCUT2D eigenvalue weighted by Gasteiger charge is -2.33. The largest absolute Gasteiger partial charge is 0.494 e. The number of amides is 2. The van der Waals surface area contributed by atoms with Gasteiger partial charge in [0.15, 0.2) is 5.78 Å². The lowest BCUT2D eigenvalue weighted by molar-refractivity contribution is -0.257. The first-order valence-electron chi connectivity index (χ1n) is 20.2. The molecule has 1 aromatic carbocycles. The number of nitrogens with one attached hydrogen (secondary N) is 1. The Labute approximate surface area is 341 Å². The Morgan fingerprint density at radius 1 is 1.08 bits per heavy atom. The molecule has 2 amide bonds. The van der Waals surface area contributed by atoms with Crippen molar-refractivity contribution in [2.75, 3.05) is 19.8 Å². The van der Waals surface area contributed by atoms with Gasteiger partial charge in [-0.3, -0.25) is 23.9 Å². The number of pyridine rings is 1. The summed E-state index contributed by atoms with van der Waals surface area (Å²) in [6, 6.07) is 5.88. The number of allylic oxidation sites excluding steroid dienone is 2. The van der Waals surface area contributed by atoms with Crippen LogP contribution < -0.4 is 14.2 Å². The second kappa shape index (κ2) is 16.6. The summed E-state index contributed by atoms with van der Waals surface area (Å²) in [6.07, 6.45) is 0.104. The Hall–Kier alpha value is -4.28. The van der Waals surface area contributed by atoms with Gasteiger partial charge in [-0.2, -0.15) is 13.2 Å². The molecule has 1 aromatic heterocycles. The third kappa shape index (κ3) is 9.24. The summed E-state index contributed by atoms with van der Waals surface area (Å²) in [5, 5.41) is 1.38. The number of halogens is 4. The maximum atomic E-state index is 14.8. The number of Topliss-reactive ketones (excluding diaryl/α,β-unsaturated/α-hetero) is 1. The molecule has 0 unspecified atom stereocenters. The number of carbonyl (C=O) groups is 4. The van der Waals surface area contributed by atoms with Crippen LogP contribution in [0.4, 0.5) is 17.6 Å². The quantitative estimate of drug-likeness (QED) is 0.145. The molecule has 324 valence electrons. The number of sulfonamides is 1. The van der Waals surface area contributed by atoms with Gasteiger partial charge in [-0.1, -0.05) is 26.0 Å². The Balaban J connectivity index is 1.35. The molecule has 2 saturated carbocycles. The van der Waals surface area contributed by atoms with Gasteiger partial charge in [-0.15, -0.1) is 0 Å². The highest BCUT2D eigenvalue weighted by Gasteiger charge is 2.63. The van der Waals surface area contributed by atoms with E-state index in [9.17, 15) is 45.2 Å². The zero-order valence-corrected chi connectivity index (χ0v) is 34.8. The molecule has 2 aliphatic heterocycles. The van der Waals surface area contributed by atoms with Crippen LogP contribution in [-0.4, -0.2) is 90.4 Å². The molecule has 6 rings (SSSR count). The van der Waals surface area contributed by atoms with E-state index in [1.54, 1.807) is 31.2 Å². The Kier molecular flexibility index (Phi) is 12.5. The summed E-state index contributed by atoms with van der Waals surface area (Å²) >= 11 is 0. The van der Waals surface area contributed by atoms with Gasteiger partial charge in [0, 0.05) is 24.4 Å². The number of ketones is 1. The minimum atomic E-state index is -4.88. The van der Waals surface area contributed by atoms with E-state index in [4.69, 9.17) is 14.2 Å². The monoisotopic (exact) mass is 851 g/mol. The van der Waals surface area contributed by atoms with E-state index in [1.807, 2.05) is 26.0 Å². The number of ether oxygens (including phenoxy) is 3. The number of fused-ring (bicyclic) bond motifs is 3. The van der Waals surface area contributed by atoms with Gasteiger partial charge in [-0.05, 0) is 107 Å². The lowest BCUT2D eigenvalue weighted by Crippen LogP contribution is -2.49. The van der Waals surface area contributed by atoms with Crippen molar-refractivity contribution in [3.8, 4) is 11.6 Å². The normalized spacial score (nSPS) is 29.3. The van der Waals surface area contributed by atoms with Crippen molar-refractivity contribution >= 4 is 44.4 Å². The maximum absolute atomic E-state index is 14.8. The molecule has 17 heteroatoms. The Morgan fingerprint density at radius 3 is 2.47 bits per heavy atom. The summed E-state index contributed by atoms with van der Waals surface area (Å²) in [5.74, 6) is -4.80. The fourth-order valence-corrected chi connectivity index (χ4v) is 9.89. The van der Waals surface area contributed by atoms with Crippen molar-refractivity contribution in [1.29, 1.82) is 0 Å². The third-order valence-corrected chi connectivity index (χ3v) is 14.7. The maximum Gasteiger partial charge on any atom is 0.427 e. The SMILES string of the molecule is CCOc1ccc2c(O[C@@H]3C[C@H]4C(=O)C[C@]5(C(=O)NS(=O)(=O)C6(CF)CC6)C[C@H]5/C=C\CC[C@H](C)C[C@@H](C)[C@H](CC(=O)OC(C)(C)C(F)(F)F)C(=O)N4C3)nccc2c1. The third-order valence-electron chi connectivity index (χ3n) is 12.5. The molecule has 12 nitrogen and oxygen atoms in total. The van der Waals surface area contributed by atoms with Crippen LogP contribution in [0.5, 0.6) is 11.6 Å². The summed E-state index contributed by atoms with van der Waals surface area (Å²) in [6.45, 7) is 6.12. The van der Waals surface area contributed by atoms with E-state index in [0.717, 1.165) is 19.2 Å². The fraction of sp³-hybridized carbons (Fsp3) is 0.643. The van der Waals surface area contributed by atoms with Crippen LogP contribution in [0.25, 0.3) is 10.8 Å². The Morgan fingerprint density at radius 2 is 1.81 bits per heavy atom. The Bertz CT molecular complexity index is 2090. The second-order valence-electron chi connectivity index (χ2n) is 17.4. The minimum Gasteiger partial charge on any atom is -0.494 e. The van der Waals surface area contributed by atoms with Crippen molar-refractivity contribution in [1.82, 2.24) is 14.6 Å². The molecule has 0 bridgehead atoms. The molecular weight excluding hydrogens is 799 g/mol. The van der Waals surface area contributed by atoms with Crippen LogP contribution >= 0.6 is 0 Å². The van der Waals surface area contributed by atoms with E-state index < -0.39 is 105 Å². The number of hydrogen-bond donors (Lipinski definition) is 1. The first-order valence-corrected chi connectivity index (χ1v) is 21.7. The number of carbonyl (C=O) groups excluding carboxylic acids is 4. The van der Waals surface area contributed by atoms with Crippen molar-refractivity contribution in [3.63, 3.8) is 0 Å². The number of hydrogen-bond acceptors (Lipinski definition) is 10. The molecule has 4 aliphatic rings. The van der Waals surface area contributed by atoms with Crippen LogP contribution in [0.15, 0.2) is 42.6 Å². The highest BCUT2D eigenvalue weighted by atomic mass is 32.2. The van der Waals surface area contributed by atoms with Gasteiger partial charge < -0.3 is 19.1 Å². The first kappa shape index (κ1) is 44.3. The van der Waals surface area contributed by atoms with Crippen molar-refractivity contribution in [2.24, 2.45) is 29.1 Å². The summed E-state index contributed by atoms with van der Waals surface area (Å²) in [4.78, 5) is 62.4. The standard InChI is InChI=1S/C42H53F4N3O9S/c1-6-56-29-11-12-31-27(18-29)13-16-47-36(31)57-30-19-33-34(50)22-41(38(53)48-59(54,55)40(24-43)14-15-40)21-28(41)10-8-7-9-25(2)17-26(3)32(37(52)49(33)23-30)20-35(51)58-39(4,5)42(44,45)46/h8,10-13,16,18,25-26,28,30,32-33H,6-7,9,14-15,17,19-24H2,1-5H3,(H,48,53)/b10-8-/t25-,26+,28+,30+,32-,33-,41+/m0/s1. The molecule has 3 fully saturated rings. The van der Waals surface area contributed by atoms with Gasteiger partial charge in [0.1, 0.15) is 23.3 Å². The molecule has 0 radical (unpaired) electrons. The van der Waals surface area contributed by atoms with Gasteiger partial charge in [0.05, 0.1) is 36.9 Å². The summed E-state index contributed by atoms with van der Waals surface area (Å²) in [5.41, 5.74) is -4.33. The first-order chi connectivity index (χ1) is 27.7. The molecular formula is C42H53F4N3O9S. The number of esters is 1. The van der Waals surface area contributed by atoms with Crippen LogP contribution in [0, 0.1) is 29.1 Å². The van der Waals surface area contributed by atoms with Gasteiger partial charge in [-0.25, -0.2) is 17.8 Å². The highest BCUT2D eigenvalue weighted by molar-refractivity contribution is 7.91. The van der Waals surface area contributed by atoms with Crippen molar-refractivity contribution < 1.29 is 59.4 Å². The zero-order valence-electron chi connectivity index (χ0n) is 34.0. The minimum absolute atomic E-state index is 0.0154. The van der Waals surface area contributed by atoms with E-state index in [1.165, 1.54) is 11.1 Å². The summed E-state index contributed by atoms with van der Waals surface area (Å²) < 4.78 is 98.9. The average Bonchev–Trinajstić information content (AvgIpc) is 4.06. The number of nitrogens with zero attached hydrogens (tertiary/aromatic N) is 2. The number of aromatic nitrogens is 1. The molecule has 1 saturated heterocycles. The molecule has 0 spiro atoms. The molecule has 2 aromatic rings. The van der Waals surface area contributed by atoms with E-state index >= 15 is 0 Å². The van der Waals surface area contributed by atoms with E-state index in [-0.39, 0.29) is 44.0 Å². The number of alkyl halides is 4.